The van der Waals surface area contributed by atoms with Crippen molar-refractivity contribution in [1.29, 1.82) is 0 Å². The van der Waals surface area contributed by atoms with Gasteiger partial charge in [-0.15, -0.1) is 0 Å². The van der Waals surface area contributed by atoms with Gasteiger partial charge in [-0.1, -0.05) is 48.0 Å². The van der Waals surface area contributed by atoms with Gasteiger partial charge in [0.1, 0.15) is 6.04 Å². The molecule has 5 rings (SSSR count). The number of likely N-dealkylation sites (tertiary alicyclic amines) is 1. The lowest BCUT2D eigenvalue weighted by atomic mass is 10.0. The van der Waals surface area contributed by atoms with E-state index in [1.807, 2.05) is 47.4 Å². The standard InChI is InChI=1S/C32H38N4O2/c1-23-10-12-24(13-11-23)27-22-30(27)34-19-7-9-29(32(38)36-20-5-2-6-21-36)35-31(37)26-16-14-25(15-17-26)28-8-3-4-18-33-28/h3-4,8,10-18,27,29-30,34H,2,5-7,9,19-22H2,1H3,(H,35,37)/t27-,29-,30+/m0/s1. The fraction of sp³-hybridized carbons (Fsp3) is 0.406. The van der Waals surface area contributed by atoms with Crippen LogP contribution in [-0.2, 0) is 4.79 Å². The average Bonchev–Trinajstić information content (AvgIpc) is 3.75. The molecular formula is C32H38N4O2. The number of carbonyl (C=O) groups excluding carboxylic acids is 2. The lowest BCUT2D eigenvalue weighted by molar-refractivity contribution is -0.134. The summed E-state index contributed by atoms with van der Waals surface area (Å²) in [7, 11) is 0. The zero-order chi connectivity index (χ0) is 26.3. The van der Waals surface area contributed by atoms with Crippen molar-refractivity contribution in [3.05, 3.63) is 89.6 Å². The predicted octanol–water partition coefficient (Wildman–Crippen LogP) is 5.09. The number of carbonyl (C=O) groups is 2. The minimum Gasteiger partial charge on any atom is -0.341 e. The number of pyridine rings is 1. The SMILES string of the molecule is Cc1ccc([C@@H]2C[C@H]2NCCC[C@H](NC(=O)c2ccc(-c3ccccn3)cc2)C(=O)N2CCCCC2)cc1. The molecule has 2 aliphatic rings. The molecule has 0 unspecified atom stereocenters. The molecule has 2 heterocycles. The third kappa shape index (κ3) is 6.67. The smallest absolute Gasteiger partial charge is 0.251 e. The second-order valence-corrected chi connectivity index (χ2v) is 10.7. The molecule has 0 radical (unpaired) electrons. The first-order chi connectivity index (χ1) is 18.6. The number of piperidine rings is 1. The molecule has 2 amide bonds. The Morgan fingerprint density at radius 1 is 0.974 bits per heavy atom. The van der Waals surface area contributed by atoms with Gasteiger partial charge in [0.25, 0.3) is 5.91 Å². The van der Waals surface area contributed by atoms with E-state index in [0.29, 0.717) is 23.9 Å². The van der Waals surface area contributed by atoms with Crippen LogP contribution in [0.1, 0.15) is 65.9 Å². The number of aryl methyl sites for hydroxylation is 1. The maximum Gasteiger partial charge on any atom is 0.251 e. The van der Waals surface area contributed by atoms with E-state index < -0.39 is 6.04 Å². The third-order valence-electron chi connectivity index (χ3n) is 7.75. The van der Waals surface area contributed by atoms with Crippen LogP contribution < -0.4 is 10.6 Å². The van der Waals surface area contributed by atoms with E-state index in [4.69, 9.17) is 0 Å². The van der Waals surface area contributed by atoms with Crippen molar-refractivity contribution in [1.82, 2.24) is 20.5 Å². The highest BCUT2D eigenvalue weighted by Crippen LogP contribution is 2.40. The Labute approximate surface area is 225 Å². The summed E-state index contributed by atoms with van der Waals surface area (Å²) < 4.78 is 0. The molecule has 3 atom stereocenters. The van der Waals surface area contributed by atoms with Gasteiger partial charge in [-0.3, -0.25) is 14.6 Å². The molecule has 6 heteroatoms. The zero-order valence-electron chi connectivity index (χ0n) is 22.2. The van der Waals surface area contributed by atoms with Crippen molar-refractivity contribution < 1.29 is 9.59 Å². The summed E-state index contributed by atoms with van der Waals surface area (Å²) in [5, 5.41) is 6.72. The molecule has 2 N–H and O–H groups in total. The summed E-state index contributed by atoms with van der Waals surface area (Å²) in [4.78, 5) is 32.8. The Hall–Kier alpha value is -3.51. The van der Waals surface area contributed by atoms with Gasteiger partial charge < -0.3 is 15.5 Å². The van der Waals surface area contributed by atoms with Crippen LogP contribution in [0.3, 0.4) is 0 Å². The third-order valence-corrected chi connectivity index (χ3v) is 7.75. The topological polar surface area (TPSA) is 74.3 Å². The maximum absolute atomic E-state index is 13.4. The maximum atomic E-state index is 13.4. The van der Waals surface area contributed by atoms with E-state index in [1.54, 1.807) is 6.20 Å². The van der Waals surface area contributed by atoms with Crippen LogP contribution in [0, 0.1) is 6.92 Å². The quantitative estimate of drug-likeness (QED) is 0.373. The normalized spacial score (nSPS) is 19.6. The molecule has 1 aliphatic heterocycles. The summed E-state index contributed by atoms with van der Waals surface area (Å²) in [6.07, 6.45) is 7.60. The van der Waals surface area contributed by atoms with E-state index in [9.17, 15) is 9.59 Å². The van der Waals surface area contributed by atoms with Gasteiger partial charge in [0.15, 0.2) is 0 Å². The molecule has 1 saturated carbocycles. The van der Waals surface area contributed by atoms with Crippen molar-refractivity contribution in [2.24, 2.45) is 0 Å². The summed E-state index contributed by atoms with van der Waals surface area (Å²) in [5.74, 6) is 0.421. The highest BCUT2D eigenvalue weighted by atomic mass is 16.2. The van der Waals surface area contributed by atoms with E-state index in [-0.39, 0.29) is 11.8 Å². The van der Waals surface area contributed by atoms with Crippen LogP contribution in [0.2, 0.25) is 0 Å². The van der Waals surface area contributed by atoms with Gasteiger partial charge >= 0.3 is 0 Å². The fourth-order valence-corrected chi connectivity index (χ4v) is 5.36. The van der Waals surface area contributed by atoms with Crippen molar-refractivity contribution in [3.8, 4) is 11.3 Å². The summed E-state index contributed by atoms with van der Waals surface area (Å²) >= 11 is 0. The predicted molar refractivity (Wildman–Crippen MR) is 151 cm³/mol. The second kappa shape index (κ2) is 12.4. The number of aromatic nitrogens is 1. The summed E-state index contributed by atoms with van der Waals surface area (Å²) in [6, 6.07) is 22.0. The van der Waals surface area contributed by atoms with Gasteiger partial charge in [0.05, 0.1) is 5.69 Å². The number of rotatable bonds is 10. The monoisotopic (exact) mass is 510 g/mol. The number of amides is 2. The van der Waals surface area contributed by atoms with Crippen molar-refractivity contribution in [2.75, 3.05) is 19.6 Å². The molecular weight excluding hydrogens is 472 g/mol. The summed E-state index contributed by atoms with van der Waals surface area (Å²) in [5.41, 5.74) is 5.06. The Kier molecular flexibility index (Phi) is 8.49. The Morgan fingerprint density at radius 2 is 1.74 bits per heavy atom. The number of nitrogens with zero attached hydrogens (tertiary/aromatic N) is 2. The van der Waals surface area contributed by atoms with Gasteiger partial charge in [-0.25, -0.2) is 0 Å². The van der Waals surface area contributed by atoms with Gasteiger partial charge in [-0.05, 0) is 81.8 Å². The van der Waals surface area contributed by atoms with E-state index in [0.717, 1.165) is 63.0 Å². The number of benzene rings is 2. The van der Waals surface area contributed by atoms with Gasteiger partial charge in [0.2, 0.25) is 5.91 Å². The molecule has 198 valence electrons. The lowest BCUT2D eigenvalue weighted by Gasteiger charge is -2.31. The van der Waals surface area contributed by atoms with Crippen LogP contribution in [0.25, 0.3) is 11.3 Å². The fourth-order valence-electron chi connectivity index (χ4n) is 5.36. The van der Waals surface area contributed by atoms with Crippen LogP contribution >= 0.6 is 0 Å². The van der Waals surface area contributed by atoms with E-state index in [2.05, 4.69) is 46.8 Å². The van der Waals surface area contributed by atoms with Gasteiger partial charge in [-0.2, -0.15) is 0 Å². The highest BCUT2D eigenvalue weighted by Gasteiger charge is 2.37. The number of nitrogens with one attached hydrogen (secondary N) is 2. The first-order valence-corrected chi connectivity index (χ1v) is 14.0. The van der Waals surface area contributed by atoms with Gasteiger partial charge in [0, 0.05) is 42.4 Å². The first kappa shape index (κ1) is 26.1. The number of hydrogen-bond donors (Lipinski definition) is 2. The van der Waals surface area contributed by atoms with Crippen molar-refractivity contribution in [3.63, 3.8) is 0 Å². The van der Waals surface area contributed by atoms with Crippen molar-refractivity contribution in [2.45, 2.75) is 63.5 Å². The van der Waals surface area contributed by atoms with E-state index in [1.165, 1.54) is 11.1 Å². The zero-order valence-corrected chi connectivity index (χ0v) is 22.2. The molecule has 38 heavy (non-hydrogen) atoms. The van der Waals surface area contributed by atoms with Crippen LogP contribution in [0.5, 0.6) is 0 Å². The molecule has 0 spiro atoms. The Morgan fingerprint density at radius 3 is 2.45 bits per heavy atom. The van der Waals surface area contributed by atoms with Crippen LogP contribution in [0.4, 0.5) is 0 Å². The molecule has 0 bridgehead atoms. The Bertz CT molecular complexity index is 1200. The Balaban J connectivity index is 1.16. The summed E-state index contributed by atoms with van der Waals surface area (Å²) in [6.45, 7) is 4.51. The molecule has 2 fully saturated rings. The second-order valence-electron chi connectivity index (χ2n) is 10.7. The highest BCUT2D eigenvalue weighted by molar-refractivity contribution is 5.97. The molecule has 1 aromatic heterocycles. The largest absolute Gasteiger partial charge is 0.341 e. The minimum atomic E-state index is -0.509. The molecule has 6 nitrogen and oxygen atoms in total. The van der Waals surface area contributed by atoms with Crippen molar-refractivity contribution >= 4 is 11.8 Å². The first-order valence-electron chi connectivity index (χ1n) is 14.0. The number of hydrogen-bond acceptors (Lipinski definition) is 4. The molecule has 3 aromatic rings. The molecule has 1 aliphatic carbocycles. The van der Waals surface area contributed by atoms with Crippen LogP contribution in [-0.4, -0.2) is 53.4 Å². The minimum absolute atomic E-state index is 0.0482. The lowest BCUT2D eigenvalue weighted by Crippen LogP contribution is -2.50. The van der Waals surface area contributed by atoms with E-state index >= 15 is 0 Å². The molecule has 1 saturated heterocycles. The average molecular weight is 511 g/mol. The van der Waals surface area contributed by atoms with Crippen LogP contribution in [0.15, 0.2) is 72.9 Å². The molecule has 2 aromatic carbocycles.